The van der Waals surface area contributed by atoms with E-state index in [1.54, 1.807) is 49.4 Å². The maximum atomic E-state index is 12.5. The van der Waals surface area contributed by atoms with Crippen LogP contribution >= 0.6 is 35.0 Å². The number of thioether (sulfide) groups is 1. The number of aromatic nitrogens is 2. The van der Waals surface area contributed by atoms with Crippen molar-refractivity contribution in [3.05, 3.63) is 63.1 Å². The zero-order valence-electron chi connectivity index (χ0n) is 13.5. The van der Waals surface area contributed by atoms with Gasteiger partial charge in [-0.15, -0.1) is 11.8 Å². The summed E-state index contributed by atoms with van der Waals surface area (Å²) in [6.07, 6.45) is 0. The molecular formula is C17H13Cl2N3O3S. The van der Waals surface area contributed by atoms with Gasteiger partial charge in [-0.2, -0.15) is 0 Å². The lowest BCUT2D eigenvalue weighted by Crippen LogP contribution is -2.22. The molecule has 1 atom stereocenters. The molecule has 1 heterocycles. The van der Waals surface area contributed by atoms with Crippen LogP contribution in [-0.2, 0) is 4.79 Å². The second-order valence-corrected chi connectivity index (χ2v) is 7.57. The normalized spacial score (nSPS) is 12.0. The third kappa shape index (κ3) is 4.49. The number of carbonyl (C=O) groups is 1. The molecule has 3 rings (SSSR count). The molecule has 0 bridgehead atoms. The van der Waals surface area contributed by atoms with Crippen molar-refractivity contribution in [2.45, 2.75) is 17.1 Å². The molecule has 0 fully saturated rings. The summed E-state index contributed by atoms with van der Waals surface area (Å²) in [6, 6.07) is 12.0. The van der Waals surface area contributed by atoms with E-state index in [-0.39, 0.29) is 5.91 Å². The zero-order chi connectivity index (χ0) is 18.7. The van der Waals surface area contributed by atoms with Gasteiger partial charge in [0.25, 0.3) is 0 Å². The highest BCUT2D eigenvalue weighted by atomic mass is 35.5. The predicted octanol–water partition coefficient (Wildman–Crippen LogP) is 4.46. The zero-order valence-corrected chi connectivity index (χ0v) is 15.8. The van der Waals surface area contributed by atoms with Gasteiger partial charge in [0.05, 0.1) is 10.3 Å². The van der Waals surface area contributed by atoms with Crippen molar-refractivity contribution in [3.8, 4) is 11.4 Å². The minimum absolute atomic E-state index is 0.197. The molecule has 0 aliphatic rings. The van der Waals surface area contributed by atoms with Crippen molar-refractivity contribution >= 4 is 46.6 Å². The molecule has 9 heteroatoms. The van der Waals surface area contributed by atoms with E-state index in [2.05, 4.69) is 20.0 Å². The van der Waals surface area contributed by atoms with Crippen LogP contribution in [0.25, 0.3) is 11.4 Å². The number of anilines is 1. The summed E-state index contributed by atoms with van der Waals surface area (Å²) in [5.41, 5.74) is 1.19. The van der Waals surface area contributed by atoms with Gasteiger partial charge in [0, 0.05) is 21.2 Å². The number of hydrogen-bond donors (Lipinski definition) is 2. The smallest absolute Gasteiger partial charge is 0.325 e. The van der Waals surface area contributed by atoms with Gasteiger partial charge < -0.3 is 5.32 Å². The van der Waals surface area contributed by atoms with Crippen molar-refractivity contribution in [3.63, 3.8) is 0 Å². The molecule has 1 amide bonds. The Morgan fingerprint density at radius 3 is 2.81 bits per heavy atom. The molecule has 2 aromatic carbocycles. The van der Waals surface area contributed by atoms with E-state index in [1.807, 2.05) is 0 Å². The SMILES string of the molecule is CC(Sc1cc(Cl)ccc1Cl)C(=O)Nc1cccc(-c2noc(=O)[nH]2)c1. The van der Waals surface area contributed by atoms with Crippen molar-refractivity contribution in [1.82, 2.24) is 10.1 Å². The Hall–Kier alpha value is -2.22. The first-order valence-corrected chi connectivity index (χ1v) is 9.15. The van der Waals surface area contributed by atoms with Crippen molar-refractivity contribution in [2.75, 3.05) is 5.32 Å². The first-order chi connectivity index (χ1) is 12.4. The number of benzene rings is 2. The number of aromatic amines is 1. The summed E-state index contributed by atoms with van der Waals surface area (Å²) < 4.78 is 4.49. The highest BCUT2D eigenvalue weighted by Gasteiger charge is 2.17. The molecule has 0 saturated carbocycles. The van der Waals surface area contributed by atoms with E-state index in [9.17, 15) is 9.59 Å². The first-order valence-electron chi connectivity index (χ1n) is 7.51. The number of hydrogen-bond acceptors (Lipinski definition) is 5. The van der Waals surface area contributed by atoms with Gasteiger partial charge in [0.15, 0.2) is 5.82 Å². The fraction of sp³-hybridized carbons (Fsp3) is 0.118. The topological polar surface area (TPSA) is 88.0 Å². The van der Waals surface area contributed by atoms with Crippen LogP contribution in [0.15, 0.2) is 56.7 Å². The molecule has 0 radical (unpaired) electrons. The Labute approximate surface area is 162 Å². The highest BCUT2D eigenvalue weighted by molar-refractivity contribution is 8.00. The number of amides is 1. The van der Waals surface area contributed by atoms with Crippen LogP contribution in [-0.4, -0.2) is 21.3 Å². The monoisotopic (exact) mass is 409 g/mol. The summed E-state index contributed by atoms with van der Waals surface area (Å²) in [7, 11) is 0. The minimum Gasteiger partial charge on any atom is -0.325 e. The van der Waals surface area contributed by atoms with Crippen molar-refractivity contribution in [1.29, 1.82) is 0 Å². The summed E-state index contributed by atoms with van der Waals surface area (Å²) in [5, 5.41) is 7.15. The molecule has 6 nitrogen and oxygen atoms in total. The third-order valence-electron chi connectivity index (χ3n) is 3.41. The van der Waals surface area contributed by atoms with E-state index < -0.39 is 11.0 Å². The molecular weight excluding hydrogens is 397 g/mol. The van der Waals surface area contributed by atoms with Gasteiger partial charge in [-0.1, -0.05) is 40.5 Å². The first kappa shape index (κ1) is 18.6. The standard InChI is InChI=1S/C17H13Cl2N3O3S/c1-9(26-14-8-11(18)5-6-13(14)19)16(23)20-12-4-2-3-10(7-12)15-21-17(24)25-22-15/h2-9H,1H3,(H,20,23)(H,21,22,24). The van der Waals surface area contributed by atoms with Gasteiger partial charge in [-0.05, 0) is 37.3 Å². The van der Waals surface area contributed by atoms with Gasteiger partial charge in [-0.25, -0.2) is 4.79 Å². The van der Waals surface area contributed by atoms with Crippen LogP contribution in [0.1, 0.15) is 6.92 Å². The fourth-order valence-electron chi connectivity index (χ4n) is 2.15. The van der Waals surface area contributed by atoms with E-state index in [0.717, 1.165) is 4.90 Å². The van der Waals surface area contributed by atoms with Crippen LogP contribution in [0.4, 0.5) is 5.69 Å². The second-order valence-electron chi connectivity index (χ2n) is 5.35. The molecule has 0 saturated heterocycles. The van der Waals surface area contributed by atoms with E-state index >= 15 is 0 Å². The lowest BCUT2D eigenvalue weighted by atomic mass is 10.2. The summed E-state index contributed by atoms with van der Waals surface area (Å²) in [5.74, 6) is -0.547. The third-order valence-corrected chi connectivity index (χ3v) is 5.25. The van der Waals surface area contributed by atoms with E-state index in [1.165, 1.54) is 11.8 Å². The van der Waals surface area contributed by atoms with E-state index in [0.29, 0.717) is 27.1 Å². The van der Waals surface area contributed by atoms with Crippen LogP contribution < -0.4 is 11.1 Å². The van der Waals surface area contributed by atoms with Crippen LogP contribution in [0.3, 0.4) is 0 Å². The van der Waals surface area contributed by atoms with E-state index in [4.69, 9.17) is 23.2 Å². The van der Waals surface area contributed by atoms with Crippen molar-refractivity contribution < 1.29 is 9.32 Å². The maximum Gasteiger partial charge on any atom is 0.439 e. The fourth-order valence-corrected chi connectivity index (χ4v) is 3.56. The number of halogens is 2. The van der Waals surface area contributed by atoms with Gasteiger partial charge in [0.2, 0.25) is 5.91 Å². The van der Waals surface area contributed by atoms with Crippen LogP contribution in [0.5, 0.6) is 0 Å². The number of nitrogens with one attached hydrogen (secondary N) is 2. The van der Waals surface area contributed by atoms with Gasteiger partial charge in [-0.3, -0.25) is 14.3 Å². The lowest BCUT2D eigenvalue weighted by molar-refractivity contribution is -0.115. The minimum atomic E-state index is -0.641. The Morgan fingerprint density at radius 1 is 1.27 bits per heavy atom. The number of nitrogens with zero attached hydrogens (tertiary/aromatic N) is 1. The Balaban J connectivity index is 1.71. The summed E-state index contributed by atoms with van der Waals surface area (Å²) in [4.78, 5) is 26.7. The Kier molecular flexibility index (Phi) is 5.70. The van der Waals surface area contributed by atoms with Crippen LogP contribution in [0.2, 0.25) is 10.0 Å². The average molecular weight is 410 g/mol. The number of rotatable bonds is 5. The molecule has 0 aliphatic carbocycles. The molecule has 1 aromatic heterocycles. The molecule has 0 spiro atoms. The Bertz CT molecular complexity index is 1000. The largest absolute Gasteiger partial charge is 0.439 e. The average Bonchev–Trinajstić information content (AvgIpc) is 3.05. The predicted molar refractivity (Wildman–Crippen MR) is 103 cm³/mol. The number of carbonyl (C=O) groups excluding carboxylic acids is 1. The molecule has 1 unspecified atom stereocenters. The summed E-state index contributed by atoms with van der Waals surface area (Å²) >= 11 is 13.4. The maximum absolute atomic E-state index is 12.5. The summed E-state index contributed by atoms with van der Waals surface area (Å²) in [6.45, 7) is 1.77. The van der Waals surface area contributed by atoms with Gasteiger partial charge in [0.1, 0.15) is 0 Å². The molecule has 3 aromatic rings. The van der Waals surface area contributed by atoms with Crippen molar-refractivity contribution in [2.24, 2.45) is 0 Å². The quantitative estimate of drug-likeness (QED) is 0.607. The van der Waals surface area contributed by atoms with Crippen LogP contribution in [0, 0.1) is 0 Å². The molecule has 134 valence electrons. The Morgan fingerprint density at radius 2 is 2.08 bits per heavy atom. The molecule has 0 aliphatic heterocycles. The van der Waals surface area contributed by atoms with Gasteiger partial charge >= 0.3 is 5.76 Å². The highest BCUT2D eigenvalue weighted by Crippen LogP contribution is 2.33. The second kappa shape index (κ2) is 7.99. The molecule has 26 heavy (non-hydrogen) atoms. The number of H-pyrrole nitrogens is 1. The lowest BCUT2D eigenvalue weighted by Gasteiger charge is -2.13. The molecule has 2 N–H and O–H groups in total.